The molecule has 0 saturated carbocycles. The maximum absolute atomic E-state index is 13.7. The number of aromatic nitrogens is 1. The predicted octanol–water partition coefficient (Wildman–Crippen LogP) is 1.66. The molecular weight excluding hydrogens is 405 g/mol. The molecule has 0 fully saturated rings. The summed E-state index contributed by atoms with van der Waals surface area (Å²) in [6, 6.07) is 0.925. The zero-order valence-corrected chi connectivity index (χ0v) is 16.0. The summed E-state index contributed by atoms with van der Waals surface area (Å²) in [6.07, 6.45) is 2.60. The van der Waals surface area contributed by atoms with Crippen LogP contribution in [0.3, 0.4) is 0 Å². The van der Waals surface area contributed by atoms with Gasteiger partial charge in [0.05, 0.1) is 0 Å². The Balaban J connectivity index is 1.85. The third kappa shape index (κ3) is 3.95. The number of hydrogen-bond donors (Lipinski definition) is 3. The molecule has 8 nitrogen and oxygen atoms in total. The highest BCUT2D eigenvalue weighted by atomic mass is 19.1. The van der Waals surface area contributed by atoms with Crippen molar-refractivity contribution < 1.29 is 27.9 Å². The largest absolute Gasteiger partial charge is 0.502 e. The molecule has 0 bridgehead atoms. The Morgan fingerprint density at radius 1 is 1.23 bits per heavy atom. The van der Waals surface area contributed by atoms with E-state index in [-0.39, 0.29) is 12.4 Å². The molecule has 0 unspecified atom stereocenters. The number of fused-ring (bicyclic) bond motifs is 1. The van der Waals surface area contributed by atoms with Crippen LogP contribution in [-0.2, 0) is 6.54 Å². The van der Waals surface area contributed by atoms with E-state index >= 15 is 0 Å². The average Bonchev–Trinajstić information content (AvgIpc) is 2.68. The summed E-state index contributed by atoms with van der Waals surface area (Å²) in [5, 5.41) is 12.4. The van der Waals surface area contributed by atoms with Crippen LogP contribution >= 0.6 is 0 Å². The Morgan fingerprint density at radius 3 is 2.53 bits per heavy atom. The zero-order chi connectivity index (χ0) is 22.0. The molecule has 0 saturated heterocycles. The van der Waals surface area contributed by atoms with Gasteiger partial charge in [-0.15, -0.1) is 0 Å². The fourth-order valence-corrected chi connectivity index (χ4v) is 3.01. The van der Waals surface area contributed by atoms with Crippen LogP contribution in [0.15, 0.2) is 23.1 Å². The zero-order valence-electron chi connectivity index (χ0n) is 16.0. The molecule has 1 aliphatic heterocycles. The van der Waals surface area contributed by atoms with Gasteiger partial charge in [0.1, 0.15) is 29.7 Å². The monoisotopic (exact) mass is 424 g/mol. The number of pyridine rings is 1. The number of nitrogens with zero attached hydrogens (tertiary/aromatic N) is 2. The van der Waals surface area contributed by atoms with E-state index in [9.17, 15) is 32.7 Å². The molecule has 1 aromatic carbocycles. The van der Waals surface area contributed by atoms with Crippen LogP contribution in [0.25, 0.3) is 0 Å². The van der Waals surface area contributed by atoms with E-state index in [2.05, 4.69) is 10.7 Å². The van der Waals surface area contributed by atoms with Gasteiger partial charge in [-0.05, 0) is 6.42 Å². The first-order valence-electron chi connectivity index (χ1n) is 9.18. The number of aromatic hydroxyl groups is 1. The van der Waals surface area contributed by atoms with Gasteiger partial charge in [-0.1, -0.05) is 13.3 Å². The van der Waals surface area contributed by atoms with E-state index < -0.39 is 58.1 Å². The van der Waals surface area contributed by atoms with Gasteiger partial charge in [-0.2, -0.15) is 0 Å². The molecule has 1 aliphatic rings. The molecule has 1 aromatic heterocycles. The van der Waals surface area contributed by atoms with Crippen molar-refractivity contribution in [2.24, 2.45) is 0 Å². The predicted molar refractivity (Wildman–Crippen MR) is 100 cm³/mol. The van der Waals surface area contributed by atoms with Crippen LogP contribution in [0.5, 0.6) is 5.75 Å². The van der Waals surface area contributed by atoms with Gasteiger partial charge in [0.2, 0.25) is 5.43 Å². The third-order valence-electron chi connectivity index (χ3n) is 4.66. The summed E-state index contributed by atoms with van der Waals surface area (Å²) in [7, 11) is 0. The molecule has 0 aliphatic carbocycles. The second-order valence-corrected chi connectivity index (χ2v) is 6.71. The smallest absolute Gasteiger partial charge is 0.277 e. The molecule has 0 spiro atoms. The SMILES string of the molecule is CCCCN1CNn2cc(C(=O)NCc3c(F)cc(F)cc3F)c(=O)c(O)c2C1=O. The summed E-state index contributed by atoms with van der Waals surface area (Å²) in [4.78, 5) is 38.7. The number of carbonyl (C=O) groups is 2. The fourth-order valence-electron chi connectivity index (χ4n) is 3.01. The van der Waals surface area contributed by atoms with Crippen LogP contribution in [0.1, 0.15) is 46.2 Å². The number of amides is 2. The Bertz CT molecular complexity index is 1050. The quantitative estimate of drug-likeness (QED) is 0.655. The van der Waals surface area contributed by atoms with Crippen molar-refractivity contribution in [1.29, 1.82) is 0 Å². The Kier molecular flexibility index (Phi) is 5.99. The molecule has 30 heavy (non-hydrogen) atoms. The number of benzene rings is 1. The average molecular weight is 424 g/mol. The highest BCUT2D eigenvalue weighted by molar-refractivity contribution is 5.99. The van der Waals surface area contributed by atoms with Crippen molar-refractivity contribution in [3.05, 3.63) is 62.8 Å². The van der Waals surface area contributed by atoms with Gasteiger partial charge < -0.3 is 20.7 Å². The normalized spacial score (nSPS) is 13.1. The second kappa shape index (κ2) is 8.47. The van der Waals surface area contributed by atoms with Crippen LogP contribution in [0.2, 0.25) is 0 Å². The number of rotatable bonds is 6. The molecule has 3 N–H and O–H groups in total. The maximum Gasteiger partial charge on any atom is 0.277 e. The number of carbonyl (C=O) groups excluding carboxylic acids is 2. The molecule has 0 radical (unpaired) electrons. The number of nitrogens with one attached hydrogen (secondary N) is 2. The minimum Gasteiger partial charge on any atom is -0.502 e. The van der Waals surface area contributed by atoms with Crippen molar-refractivity contribution in [1.82, 2.24) is 14.9 Å². The molecule has 3 rings (SSSR count). The van der Waals surface area contributed by atoms with E-state index in [4.69, 9.17) is 0 Å². The Hall–Kier alpha value is -3.50. The first-order valence-corrected chi connectivity index (χ1v) is 9.18. The van der Waals surface area contributed by atoms with Crippen molar-refractivity contribution >= 4 is 11.8 Å². The number of halogens is 3. The van der Waals surface area contributed by atoms with E-state index in [0.717, 1.165) is 23.7 Å². The van der Waals surface area contributed by atoms with Crippen molar-refractivity contribution in [2.45, 2.75) is 26.3 Å². The van der Waals surface area contributed by atoms with Gasteiger partial charge in [0, 0.05) is 37.0 Å². The van der Waals surface area contributed by atoms with Crippen molar-refractivity contribution in [3.8, 4) is 5.75 Å². The molecule has 2 aromatic rings. The standard InChI is InChI=1S/C19H19F3N4O4/c1-2-3-4-25-9-24-26-8-12(16(27)17(28)15(26)19(25)30)18(29)23-7-11-13(21)5-10(20)6-14(11)22/h5-6,8,24,28H,2-4,7,9H2,1H3,(H,23,29). The van der Waals surface area contributed by atoms with Crippen LogP contribution in [0.4, 0.5) is 13.2 Å². The molecule has 160 valence electrons. The lowest BCUT2D eigenvalue weighted by molar-refractivity contribution is 0.0718. The van der Waals surface area contributed by atoms with Gasteiger partial charge in [-0.25, -0.2) is 13.2 Å². The maximum atomic E-state index is 13.7. The topological polar surface area (TPSA) is 104 Å². The first-order chi connectivity index (χ1) is 14.2. The summed E-state index contributed by atoms with van der Waals surface area (Å²) >= 11 is 0. The van der Waals surface area contributed by atoms with Gasteiger partial charge >= 0.3 is 0 Å². The van der Waals surface area contributed by atoms with E-state index in [1.807, 2.05) is 6.92 Å². The fraction of sp³-hybridized carbons (Fsp3) is 0.316. The Labute approximate surface area is 168 Å². The van der Waals surface area contributed by atoms with Crippen LogP contribution < -0.4 is 16.2 Å². The summed E-state index contributed by atoms with van der Waals surface area (Å²) in [5.41, 5.74) is 0.248. The minimum absolute atomic E-state index is 0.0984. The minimum atomic E-state index is -1.20. The lowest BCUT2D eigenvalue weighted by Crippen LogP contribution is -2.47. The lowest BCUT2D eigenvalue weighted by atomic mass is 10.1. The summed E-state index contributed by atoms with van der Waals surface area (Å²) < 4.78 is 41.5. The van der Waals surface area contributed by atoms with Gasteiger partial charge in [-0.3, -0.25) is 19.1 Å². The first kappa shape index (κ1) is 21.2. The second-order valence-electron chi connectivity index (χ2n) is 6.71. The molecular formula is C19H19F3N4O4. The molecule has 2 amide bonds. The van der Waals surface area contributed by atoms with Crippen molar-refractivity contribution in [2.75, 3.05) is 18.6 Å². The van der Waals surface area contributed by atoms with Crippen molar-refractivity contribution in [3.63, 3.8) is 0 Å². The van der Waals surface area contributed by atoms with Gasteiger partial charge in [0.25, 0.3) is 11.8 Å². The molecule has 2 heterocycles. The summed E-state index contributed by atoms with van der Waals surface area (Å²) in [5.74, 6) is -6.02. The highest BCUT2D eigenvalue weighted by Gasteiger charge is 2.30. The summed E-state index contributed by atoms with van der Waals surface area (Å²) in [6.45, 7) is 1.82. The Morgan fingerprint density at radius 2 is 1.90 bits per heavy atom. The number of unbranched alkanes of at least 4 members (excludes halogenated alkanes) is 1. The van der Waals surface area contributed by atoms with E-state index in [1.165, 1.54) is 4.90 Å². The van der Waals surface area contributed by atoms with Crippen LogP contribution in [0, 0.1) is 17.5 Å². The van der Waals surface area contributed by atoms with E-state index in [0.29, 0.717) is 18.7 Å². The molecule has 0 atom stereocenters. The highest BCUT2D eigenvalue weighted by Crippen LogP contribution is 2.19. The lowest BCUT2D eigenvalue weighted by Gasteiger charge is -2.31. The van der Waals surface area contributed by atoms with Crippen LogP contribution in [-0.4, -0.2) is 39.7 Å². The number of hydrogen-bond acceptors (Lipinski definition) is 5. The van der Waals surface area contributed by atoms with Gasteiger partial charge in [0.15, 0.2) is 11.4 Å². The van der Waals surface area contributed by atoms with E-state index in [1.54, 1.807) is 0 Å². The third-order valence-corrected chi connectivity index (χ3v) is 4.66. The molecule has 11 heteroatoms.